The minimum atomic E-state index is 0.569. The van der Waals surface area contributed by atoms with Crippen LogP contribution >= 0.6 is 0 Å². The zero-order valence-corrected chi connectivity index (χ0v) is 15.2. The molecule has 0 unspecified atom stereocenters. The Morgan fingerprint density at radius 1 is 1.04 bits per heavy atom. The number of hydrogen-bond acceptors (Lipinski definition) is 3. The normalized spacial score (nSPS) is 11.4. The van der Waals surface area contributed by atoms with Crippen molar-refractivity contribution < 1.29 is 4.74 Å². The summed E-state index contributed by atoms with van der Waals surface area (Å²) in [6.07, 6.45) is 1.82. The Balaban J connectivity index is 1.48. The van der Waals surface area contributed by atoms with Crippen LogP contribution in [0.5, 0.6) is 5.75 Å². The highest BCUT2D eigenvalue weighted by Gasteiger charge is 2.03. The first kappa shape index (κ1) is 17.7. The van der Waals surface area contributed by atoms with Gasteiger partial charge in [-0.25, -0.2) is 0 Å². The predicted molar refractivity (Wildman–Crippen MR) is 107 cm³/mol. The van der Waals surface area contributed by atoms with Crippen LogP contribution in [0.2, 0.25) is 0 Å². The average molecular weight is 348 g/mol. The minimum absolute atomic E-state index is 0.569. The number of hydrogen-bond donors (Lipinski definition) is 2. The van der Waals surface area contributed by atoms with E-state index in [1.807, 2.05) is 42.6 Å². The van der Waals surface area contributed by atoms with Gasteiger partial charge in [0.15, 0.2) is 5.96 Å². The molecule has 3 aromatic rings. The van der Waals surface area contributed by atoms with Gasteiger partial charge >= 0.3 is 0 Å². The van der Waals surface area contributed by atoms with Crippen LogP contribution in [0.25, 0.3) is 10.9 Å². The van der Waals surface area contributed by atoms with Crippen molar-refractivity contribution in [3.05, 3.63) is 71.9 Å². The SMILES string of the molecule is CN=C(NCCOc1ccc(C)cc1)NCc1cccc2cccnc12. The van der Waals surface area contributed by atoms with Crippen molar-refractivity contribution in [2.24, 2.45) is 4.99 Å². The van der Waals surface area contributed by atoms with Gasteiger partial charge in [-0.1, -0.05) is 42.0 Å². The van der Waals surface area contributed by atoms with E-state index in [0.29, 0.717) is 19.7 Å². The molecule has 2 N–H and O–H groups in total. The fraction of sp³-hybridized carbons (Fsp3) is 0.238. The van der Waals surface area contributed by atoms with Gasteiger partial charge in [-0.15, -0.1) is 0 Å². The van der Waals surface area contributed by atoms with E-state index >= 15 is 0 Å². The van der Waals surface area contributed by atoms with Crippen LogP contribution in [0, 0.1) is 6.92 Å². The molecule has 1 heterocycles. The van der Waals surface area contributed by atoms with Gasteiger partial charge in [0.05, 0.1) is 12.1 Å². The topological polar surface area (TPSA) is 58.5 Å². The van der Waals surface area contributed by atoms with Crippen molar-refractivity contribution in [2.75, 3.05) is 20.2 Å². The molecular weight excluding hydrogens is 324 g/mol. The first-order valence-corrected chi connectivity index (χ1v) is 8.73. The number of nitrogens with zero attached hydrogens (tertiary/aromatic N) is 2. The van der Waals surface area contributed by atoms with Crippen LogP contribution in [-0.4, -0.2) is 31.1 Å². The molecule has 0 fully saturated rings. The largest absolute Gasteiger partial charge is 0.492 e. The molecule has 0 spiro atoms. The van der Waals surface area contributed by atoms with E-state index in [2.05, 4.69) is 45.7 Å². The average Bonchev–Trinajstić information content (AvgIpc) is 2.69. The molecule has 5 nitrogen and oxygen atoms in total. The molecule has 26 heavy (non-hydrogen) atoms. The number of aromatic nitrogens is 1. The van der Waals surface area contributed by atoms with Crippen LogP contribution in [-0.2, 0) is 6.54 Å². The summed E-state index contributed by atoms with van der Waals surface area (Å²) in [7, 11) is 1.76. The molecule has 0 amide bonds. The Kier molecular flexibility index (Phi) is 6.04. The summed E-state index contributed by atoms with van der Waals surface area (Å²) in [6, 6.07) is 18.3. The summed E-state index contributed by atoms with van der Waals surface area (Å²) < 4.78 is 5.72. The van der Waals surface area contributed by atoms with Crippen molar-refractivity contribution in [2.45, 2.75) is 13.5 Å². The van der Waals surface area contributed by atoms with Crippen LogP contribution < -0.4 is 15.4 Å². The van der Waals surface area contributed by atoms with Gasteiger partial charge in [0.2, 0.25) is 0 Å². The Bertz CT molecular complexity index is 869. The van der Waals surface area contributed by atoms with Gasteiger partial charge in [0.1, 0.15) is 12.4 Å². The third kappa shape index (κ3) is 4.72. The van der Waals surface area contributed by atoms with Crippen molar-refractivity contribution in [1.82, 2.24) is 15.6 Å². The highest BCUT2D eigenvalue weighted by atomic mass is 16.5. The van der Waals surface area contributed by atoms with Crippen molar-refractivity contribution >= 4 is 16.9 Å². The lowest BCUT2D eigenvalue weighted by Crippen LogP contribution is -2.38. The van der Waals surface area contributed by atoms with Gasteiger partial charge in [0.25, 0.3) is 0 Å². The van der Waals surface area contributed by atoms with E-state index in [4.69, 9.17) is 4.74 Å². The Labute approximate surface area is 154 Å². The van der Waals surface area contributed by atoms with E-state index < -0.39 is 0 Å². The molecule has 0 atom stereocenters. The second kappa shape index (κ2) is 8.85. The zero-order chi connectivity index (χ0) is 18.2. The number of pyridine rings is 1. The Hall–Kier alpha value is -3.08. The number of aliphatic imine (C=N–C) groups is 1. The standard InChI is InChI=1S/C21H24N4O/c1-16-8-10-19(11-9-16)26-14-13-24-21(22-2)25-15-18-6-3-5-17-7-4-12-23-20(17)18/h3-12H,13-15H2,1-2H3,(H2,22,24,25). The summed E-state index contributed by atoms with van der Waals surface area (Å²) in [5.41, 5.74) is 3.38. The summed E-state index contributed by atoms with van der Waals surface area (Å²) >= 11 is 0. The molecule has 1 aromatic heterocycles. The van der Waals surface area contributed by atoms with Crippen molar-refractivity contribution in [3.63, 3.8) is 0 Å². The quantitative estimate of drug-likeness (QED) is 0.408. The van der Waals surface area contributed by atoms with Crippen LogP contribution in [0.15, 0.2) is 65.8 Å². The number of ether oxygens (including phenoxy) is 1. The predicted octanol–water partition coefficient (Wildman–Crippen LogP) is 3.29. The number of aryl methyl sites for hydroxylation is 1. The molecule has 0 saturated carbocycles. The van der Waals surface area contributed by atoms with E-state index in [1.54, 1.807) is 7.05 Å². The van der Waals surface area contributed by atoms with E-state index in [1.165, 1.54) is 5.56 Å². The van der Waals surface area contributed by atoms with E-state index in [-0.39, 0.29) is 0 Å². The molecule has 2 aromatic carbocycles. The molecule has 0 bridgehead atoms. The highest BCUT2D eigenvalue weighted by Crippen LogP contribution is 2.15. The number of para-hydroxylation sites is 1. The monoisotopic (exact) mass is 348 g/mol. The lowest BCUT2D eigenvalue weighted by molar-refractivity contribution is 0.322. The number of benzene rings is 2. The smallest absolute Gasteiger partial charge is 0.191 e. The molecule has 0 saturated heterocycles. The van der Waals surface area contributed by atoms with Crippen LogP contribution in [0.3, 0.4) is 0 Å². The van der Waals surface area contributed by atoms with Crippen LogP contribution in [0.4, 0.5) is 0 Å². The Morgan fingerprint density at radius 2 is 1.85 bits per heavy atom. The van der Waals surface area contributed by atoms with Gasteiger partial charge < -0.3 is 15.4 Å². The molecule has 5 heteroatoms. The highest BCUT2D eigenvalue weighted by molar-refractivity contribution is 5.83. The van der Waals surface area contributed by atoms with E-state index in [0.717, 1.165) is 28.2 Å². The minimum Gasteiger partial charge on any atom is -0.492 e. The lowest BCUT2D eigenvalue weighted by atomic mass is 10.1. The second-order valence-electron chi connectivity index (χ2n) is 6.01. The summed E-state index contributed by atoms with van der Waals surface area (Å²) in [4.78, 5) is 8.74. The maximum atomic E-state index is 5.72. The first-order chi connectivity index (χ1) is 12.8. The second-order valence-corrected chi connectivity index (χ2v) is 6.01. The molecule has 134 valence electrons. The number of rotatable bonds is 6. The molecule has 0 aliphatic carbocycles. The van der Waals surface area contributed by atoms with Gasteiger partial charge in [-0.3, -0.25) is 9.98 Å². The third-order valence-electron chi connectivity index (χ3n) is 4.07. The summed E-state index contributed by atoms with van der Waals surface area (Å²) in [5, 5.41) is 7.73. The summed E-state index contributed by atoms with van der Waals surface area (Å²) in [5.74, 6) is 1.62. The molecule has 0 aliphatic heterocycles. The maximum absolute atomic E-state index is 5.72. The van der Waals surface area contributed by atoms with Crippen LogP contribution in [0.1, 0.15) is 11.1 Å². The third-order valence-corrected chi connectivity index (χ3v) is 4.07. The fourth-order valence-electron chi connectivity index (χ4n) is 2.68. The van der Waals surface area contributed by atoms with E-state index in [9.17, 15) is 0 Å². The van der Waals surface area contributed by atoms with Crippen molar-refractivity contribution in [3.8, 4) is 5.75 Å². The Morgan fingerprint density at radius 3 is 2.65 bits per heavy atom. The lowest BCUT2D eigenvalue weighted by Gasteiger charge is -2.13. The summed E-state index contributed by atoms with van der Waals surface area (Å²) in [6.45, 7) is 3.96. The van der Waals surface area contributed by atoms with Gasteiger partial charge in [-0.05, 0) is 30.7 Å². The van der Waals surface area contributed by atoms with Crippen molar-refractivity contribution in [1.29, 1.82) is 0 Å². The molecule has 3 rings (SSSR count). The number of guanidine groups is 1. The number of fused-ring (bicyclic) bond motifs is 1. The maximum Gasteiger partial charge on any atom is 0.191 e. The zero-order valence-electron chi connectivity index (χ0n) is 15.2. The first-order valence-electron chi connectivity index (χ1n) is 8.73. The van der Waals surface area contributed by atoms with Gasteiger partial charge in [-0.2, -0.15) is 0 Å². The fourth-order valence-corrected chi connectivity index (χ4v) is 2.68. The number of nitrogens with one attached hydrogen (secondary N) is 2. The molecular formula is C21H24N4O. The molecule has 0 radical (unpaired) electrons. The molecule has 0 aliphatic rings. The van der Waals surface area contributed by atoms with Gasteiger partial charge in [0, 0.05) is 25.2 Å².